The number of hydrogen-bond donors (Lipinski definition) is 0. The summed E-state index contributed by atoms with van der Waals surface area (Å²) in [4.78, 5) is 4.64. The lowest BCUT2D eigenvalue weighted by Gasteiger charge is -2.06. The Morgan fingerprint density at radius 2 is 1.93 bits per heavy atom. The van der Waals surface area contributed by atoms with Gasteiger partial charge in [0.2, 0.25) is 5.89 Å². The fourth-order valence-corrected chi connectivity index (χ4v) is 2.91. The number of benzene rings is 1. The van der Waals surface area contributed by atoms with Crippen molar-refractivity contribution in [2.45, 2.75) is 40.8 Å². The van der Waals surface area contributed by atoms with Crippen molar-refractivity contribution in [1.29, 1.82) is 0 Å². The van der Waals surface area contributed by atoms with Gasteiger partial charge in [0.25, 0.3) is 5.89 Å². The number of rotatable bonds is 5. The van der Waals surface area contributed by atoms with Crippen molar-refractivity contribution < 1.29 is 9.15 Å². The summed E-state index contributed by atoms with van der Waals surface area (Å²) in [5, 5.41) is 13.5. The molecule has 0 N–H and O–H groups in total. The van der Waals surface area contributed by atoms with Crippen LogP contribution in [0.1, 0.15) is 29.6 Å². The van der Waals surface area contributed by atoms with E-state index in [1.165, 1.54) is 11.1 Å². The van der Waals surface area contributed by atoms with Gasteiger partial charge in [-0.25, -0.2) is 9.67 Å². The van der Waals surface area contributed by atoms with Crippen LogP contribution in [-0.4, -0.2) is 25.0 Å². The van der Waals surface area contributed by atoms with Crippen LogP contribution >= 0.6 is 0 Å². The second-order valence-corrected chi connectivity index (χ2v) is 6.53. The Morgan fingerprint density at radius 3 is 2.70 bits per heavy atom. The lowest BCUT2D eigenvalue weighted by molar-refractivity contribution is 0.264. The van der Waals surface area contributed by atoms with Crippen LogP contribution in [0, 0.1) is 20.8 Å². The summed E-state index contributed by atoms with van der Waals surface area (Å²) in [7, 11) is 0. The molecule has 0 bridgehead atoms. The van der Waals surface area contributed by atoms with Crippen LogP contribution in [0.15, 0.2) is 34.9 Å². The van der Waals surface area contributed by atoms with Crippen LogP contribution in [0.4, 0.5) is 0 Å². The molecule has 0 fully saturated rings. The van der Waals surface area contributed by atoms with E-state index in [0.29, 0.717) is 11.8 Å². The van der Waals surface area contributed by atoms with E-state index in [4.69, 9.17) is 9.15 Å². The van der Waals surface area contributed by atoms with E-state index < -0.39 is 0 Å². The van der Waals surface area contributed by atoms with E-state index in [1.807, 2.05) is 42.8 Å². The van der Waals surface area contributed by atoms with Crippen molar-refractivity contribution in [2.24, 2.45) is 0 Å². The number of nitrogens with zero attached hydrogens (tertiary/aromatic N) is 5. The largest absolute Gasteiger partial charge is 0.484 e. The van der Waals surface area contributed by atoms with Crippen molar-refractivity contribution in [3.63, 3.8) is 0 Å². The van der Waals surface area contributed by atoms with Gasteiger partial charge < -0.3 is 9.15 Å². The van der Waals surface area contributed by atoms with Gasteiger partial charge in [0.15, 0.2) is 12.3 Å². The van der Waals surface area contributed by atoms with Crippen LogP contribution < -0.4 is 4.74 Å². The lowest BCUT2D eigenvalue weighted by atomic mass is 10.1. The van der Waals surface area contributed by atoms with Crippen LogP contribution in [0.3, 0.4) is 0 Å². The monoisotopic (exact) mass is 363 g/mol. The zero-order valence-corrected chi connectivity index (χ0v) is 15.9. The summed E-state index contributed by atoms with van der Waals surface area (Å²) >= 11 is 0. The number of aryl methyl sites for hydroxylation is 4. The zero-order valence-electron chi connectivity index (χ0n) is 15.9. The predicted octanol–water partition coefficient (Wildman–Crippen LogP) is 4.01. The molecule has 27 heavy (non-hydrogen) atoms. The van der Waals surface area contributed by atoms with Crippen molar-refractivity contribution in [3.8, 4) is 17.2 Å². The van der Waals surface area contributed by atoms with E-state index in [9.17, 15) is 0 Å². The Kier molecular flexibility index (Phi) is 4.35. The van der Waals surface area contributed by atoms with E-state index >= 15 is 0 Å². The molecular formula is C20H21N5O2. The molecule has 0 saturated heterocycles. The zero-order chi connectivity index (χ0) is 19.0. The molecule has 1 aromatic carbocycles. The smallest absolute Gasteiger partial charge is 0.254 e. The maximum atomic E-state index is 5.79. The third-order valence-electron chi connectivity index (χ3n) is 4.64. The highest BCUT2D eigenvalue weighted by Crippen LogP contribution is 2.26. The number of pyridine rings is 1. The second kappa shape index (κ2) is 6.83. The highest BCUT2D eigenvalue weighted by Gasteiger charge is 2.15. The molecule has 0 aliphatic heterocycles. The van der Waals surface area contributed by atoms with Crippen molar-refractivity contribution >= 4 is 11.0 Å². The molecule has 0 atom stereocenters. The van der Waals surface area contributed by atoms with Crippen LogP contribution in [0.2, 0.25) is 0 Å². The third kappa shape index (κ3) is 3.28. The second-order valence-electron chi connectivity index (χ2n) is 6.53. The van der Waals surface area contributed by atoms with Crippen LogP contribution in [0.25, 0.3) is 22.5 Å². The molecule has 138 valence electrons. The summed E-state index contributed by atoms with van der Waals surface area (Å²) < 4.78 is 13.4. The van der Waals surface area contributed by atoms with E-state index in [2.05, 4.69) is 34.1 Å². The van der Waals surface area contributed by atoms with Crippen LogP contribution in [0.5, 0.6) is 5.75 Å². The maximum Gasteiger partial charge on any atom is 0.254 e. The molecule has 0 saturated carbocycles. The van der Waals surface area contributed by atoms with Gasteiger partial charge in [0.1, 0.15) is 5.75 Å². The van der Waals surface area contributed by atoms with Gasteiger partial charge in [-0.05, 0) is 57.0 Å². The van der Waals surface area contributed by atoms with Crippen LogP contribution in [-0.2, 0) is 13.2 Å². The Balaban J connectivity index is 1.56. The Labute approximate surface area is 157 Å². The standard InChI is InChI=1S/C20H21N5O2/c1-5-25-19-15(10-21-25)9-17(14(4)22-19)20-24-23-18(27-20)11-26-16-7-6-12(2)13(3)8-16/h6-10H,5,11H2,1-4H3. The van der Waals surface area contributed by atoms with Gasteiger partial charge in [0, 0.05) is 11.9 Å². The van der Waals surface area contributed by atoms with Crippen molar-refractivity contribution in [1.82, 2.24) is 25.0 Å². The summed E-state index contributed by atoms with van der Waals surface area (Å²) in [5.41, 5.74) is 4.90. The highest BCUT2D eigenvalue weighted by atomic mass is 16.5. The van der Waals surface area contributed by atoms with Gasteiger partial charge >= 0.3 is 0 Å². The Hall–Kier alpha value is -3.22. The molecule has 0 unspecified atom stereocenters. The van der Waals surface area contributed by atoms with Gasteiger partial charge in [-0.3, -0.25) is 0 Å². The topological polar surface area (TPSA) is 78.9 Å². The molecule has 3 aromatic heterocycles. The minimum Gasteiger partial charge on any atom is -0.484 e. The highest BCUT2D eigenvalue weighted by molar-refractivity contribution is 5.80. The number of hydrogen-bond acceptors (Lipinski definition) is 6. The number of aromatic nitrogens is 5. The molecule has 0 spiro atoms. The SMILES string of the molecule is CCn1ncc2cc(-c3nnc(COc4ccc(C)c(C)c4)o3)c(C)nc21. The first-order valence-corrected chi connectivity index (χ1v) is 8.91. The molecule has 7 nitrogen and oxygen atoms in total. The van der Waals surface area contributed by atoms with Crippen molar-refractivity contribution in [3.05, 3.63) is 53.2 Å². The van der Waals surface area contributed by atoms with Gasteiger partial charge in [-0.1, -0.05) is 6.07 Å². The molecule has 0 amide bonds. The normalized spacial score (nSPS) is 11.3. The minimum atomic E-state index is 0.220. The molecule has 4 aromatic rings. The third-order valence-corrected chi connectivity index (χ3v) is 4.64. The molecule has 7 heteroatoms. The molecule has 3 heterocycles. The summed E-state index contributed by atoms with van der Waals surface area (Å²) in [5.74, 6) is 1.64. The van der Waals surface area contributed by atoms with Gasteiger partial charge in [-0.15, -0.1) is 10.2 Å². The Morgan fingerprint density at radius 1 is 1.07 bits per heavy atom. The van der Waals surface area contributed by atoms with E-state index in [0.717, 1.165) is 34.6 Å². The lowest BCUT2D eigenvalue weighted by Crippen LogP contribution is -1.98. The predicted molar refractivity (Wildman–Crippen MR) is 101 cm³/mol. The minimum absolute atomic E-state index is 0.220. The fraction of sp³-hybridized carbons (Fsp3) is 0.300. The first kappa shape index (κ1) is 17.2. The van der Waals surface area contributed by atoms with E-state index in [-0.39, 0.29) is 6.61 Å². The number of fused-ring (bicyclic) bond motifs is 1. The Bertz CT molecular complexity index is 1110. The average Bonchev–Trinajstić information content (AvgIpc) is 3.28. The summed E-state index contributed by atoms with van der Waals surface area (Å²) in [6.07, 6.45) is 1.80. The first-order chi connectivity index (χ1) is 13.0. The molecule has 0 aliphatic rings. The quantitative estimate of drug-likeness (QED) is 0.533. The molecule has 4 rings (SSSR count). The first-order valence-electron chi connectivity index (χ1n) is 8.91. The molecule has 0 radical (unpaired) electrons. The van der Waals surface area contributed by atoms with E-state index in [1.54, 1.807) is 6.20 Å². The summed E-state index contributed by atoms with van der Waals surface area (Å²) in [6, 6.07) is 7.95. The number of ether oxygens (including phenoxy) is 1. The van der Waals surface area contributed by atoms with Crippen molar-refractivity contribution in [2.75, 3.05) is 0 Å². The molecular weight excluding hydrogens is 342 g/mol. The summed E-state index contributed by atoms with van der Waals surface area (Å²) in [6.45, 7) is 9.09. The fourth-order valence-electron chi connectivity index (χ4n) is 2.91. The average molecular weight is 363 g/mol. The van der Waals surface area contributed by atoms with Gasteiger partial charge in [-0.2, -0.15) is 5.10 Å². The van der Waals surface area contributed by atoms with Gasteiger partial charge in [0.05, 0.1) is 17.5 Å². The molecule has 0 aliphatic carbocycles. The maximum absolute atomic E-state index is 5.79.